The molecular weight excluding hydrogens is 220 g/mol. The summed E-state index contributed by atoms with van der Waals surface area (Å²) in [6, 6.07) is 0. The standard InChI is InChI=1S/C11H16N4O2/c1-7(16)8-2-3-15(6-8)11(17)9-4-13-5-10(12)14-9/h4-5,7-8,16H,2-3,6H2,1H3,(H2,12,14). The normalized spacial score (nSPS) is 21.5. The van der Waals surface area contributed by atoms with Crippen molar-refractivity contribution >= 4 is 11.7 Å². The number of hydrogen-bond donors (Lipinski definition) is 2. The molecule has 1 aliphatic heterocycles. The molecule has 2 heterocycles. The Labute approximate surface area is 99.5 Å². The summed E-state index contributed by atoms with van der Waals surface area (Å²) in [5.41, 5.74) is 5.75. The molecule has 1 fully saturated rings. The Morgan fingerprint density at radius 3 is 3.00 bits per heavy atom. The lowest BCUT2D eigenvalue weighted by molar-refractivity contribution is 0.0756. The topological polar surface area (TPSA) is 92.3 Å². The third kappa shape index (κ3) is 2.52. The van der Waals surface area contributed by atoms with E-state index in [0.29, 0.717) is 13.1 Å². The van der Waals surface area contributed by atoms with E-state index >= 15 is 0 Å². The lowest BCUT2D eigenvalue weighted by Gasteiger charge is -2.17. The monoisotopic (exact) mass is 236 g/mol. The number of likely N-dealkylation sites (tertiary alicyclic amines) is 1. The van der Waals surface area contributed by atoms with Crippen molar-refractivity contribution < 1.29 is 9.90 Å². The van der Waals surface area contributed by atoms with Gasteiger partial charge in [0.25, 0.3) is 5.91 Å². The number of nitrogens with zero attached hydrogens (tertiary/aromatic N) is 3. The van der Waals surface area contributed by atoms with Crippen LogP contribution in [0.2, 0.25) is 0 Å². The van der Waals surface area contributed by atoms with Gasteiger partial charge in [-0.15, -0.1) is 0 Å². The van der Waals surface area contributed by atoms with Gasteiger partial charge in [0.1, 0.15) is 11.5 Å². The average Bonchev–Trinajstić information content (AvgIpc) is 2.77. The minimum atomic E-state index is -0.389. The van der Waals surface area contributed by atoms with Gasteiger partial charge in [0.2, 0.25) is 0 Å². The van der Waals surface area contributed by atoms with E-state index in [4.69, 9.17) is 5.73 Å². The molecule has 1 amide bonds. The van der Waals surface area contributed by atoms with E-state index in [-0.39, 0.29) is 29.4 Å². The van der Waals surface area contributed by atoms with Gasteiger partial charge in [-0.05, 0) is 13.3 Å². The number of amides is 1. The maximum atomic E-state index is 12.1. The summed E-state index contributed by atoms with van der Waals surface area (Å²) in [7, 11) is 0. The molecule has 1 aliphatic rings. The quantitative estimate of drug-likeness (QED) is 0.748. The highest BCUT2D eigenvalue weighted by Gasteiger charge is 2.30. The number of aliphatic hydroxyl groups excluding tert-OH is 1. The summed E-state index contributed by atoms with van der Waals surface area (Å²) in [5.74, 6) is 0.211. The summed E-state index contributed by atoms with van der Waals surface area (Å²) in [4.78, 5) is 21.5. The zero-order valence-corrected chi connectivity index (χ0v) is 9.71. The van der Waals surface area contributed by atoms with Crippen LogP contribution in [-0.4, -0.2) is 45.1 Å². The molecule has 1 aromatic rings. The summed E-state index contributed by atoms with van der Waals surface area (Å²) in [6.45, 7) is 2.96. The van der Waals surface area contributed by atoms with Crippen molar-refractivity contribution in [2.24, 2.45) is 5.92 Å². The SMILES string of the molecule is CC(O)C1CCN(C(=O)c2cncc(N)n2)C1. The van der Waals surface area contributed by atoms with E-state index in [2.05, 4.69) is 9.97 Å². The molecule has 0 radical (unpaired) electrons. The maximum Gasteiger partial charge on any atom is 0.274 e. The molecule has 6 nitrogen and oxygen atoms in total. The third-order valence-electron chi connectivity index (χ3n) is 3.07. The van der Waals surface area contributed by atoms with Crippen LogP contribution in [0.5, 0.6) is 0 Å². The molecule has 92 valence electrons. The molecule has 17 heavy (non-hydrogen) atoms. The summed E-state index contributed by atoms with van der Waals surface area (Å²) >= 11 is 0. The molecule has 6 heteroatoms. The van der Waals surface area contributed by atoms with E-state index in [1.54, 1.807) is 11.8 Å². The predicted molar refractivity (Wildman–Crippen MR) is 62.1 cm³/mol. The van der Waals surface area contributed by atoms with Gasteiger partial charge in [0, 0.05) is 19.0 Å². The van der Waals surface area contributed by atoms with Crippen molar-refractivity contribution in [3.8, 4) is 0 Å². The Hall–Kier alpha value is -1.69. The highest BCUT2D eigenvalue weighted by molar-refractivity contribution is 5.92. The number of hydrogen-bond acceptors (Lipinski definition) is 5. The zero-order valence-electron chi connectivity index (χ0n) is 9.71. The van der Waals surface area contributed by atoms with Crippen LogP contribution in [0.3, 0.4) is 0 Å². The minimum absolute atomic E-state index is 0.146. The summed E-state index contributed by atoms with van der Waals surface area (Å²) < 4.78 is 0. The van der Waals surface area contributed by atoms with Gasteiger partial charge >= 0.3 is 0 Å². The Morgan fingerprint density at radius 1 is 1.65 bits per heavy atom. The molecule has 0 spiro atoms. The van der Waals surface area contributed by atoms with Crippen molar-refractivity contribution in [2.75, 3.05) is 18.8 Å². The molecule has 0 bridgehead atoms. The van der Waals surface area contributed by atoms with Crippen LogP contribution in [0.1, 0.15) is 23.8 Å². The first-order valence-electron chi connectivity index (χ1n) is 5.63. The van der Waals surface area contributed by atoms with Gasteiger partial charge in [0.15, 0.2) is 0 Å². The lowest BCUT2D eigenvalue weighted by Crippen LogP contribution is -2.31. The second-order valence-electron chi connectivity index (χ2n) is 4.37. The second kappa shape index (κ2) is 4.67. The fourth-order valence-corrected chi connectivity index (χ4v) is 2.01. The zero-order chi connectivity index (χ0) is 12.4. The van der Waals surface area contributed by atoms with E-state index in [0.717, 1.165) is 6.42 Å². The van der Waals surface area contributed by atoms with Crippen molar-refractivity contribution in [1.82, 2.24) is 14.9 Å². The van der Waals surface area contributed by atoms with Crippen molar-refractivity contribution in [1.29, 1.82) is 0 Å². The summed E-state index contributed by atoms with van der Waals surface area (Å²) in [5, 5.41) is 9.48. The molecule has 3 N–H and O–H groups in total. The molecule has 2 unspecified atom stereocenters. The van der Waals surface area contributed by atoms with Gasteiger partial charge < -0.3 is 15.7 Å². The van der Waals surface area contributed by atoms with Gasteiger partial charge in [-0.1, -0.05) is 0 Å². The van der Waals surface area contributed by atoms with Crippen LogP contribution in [0.25, 0.3) is 0 Å². The van der Waals surface area contributed by atoms with Crippen LogP contribution in [0.15, 0.2) is 12.4 Å². The second-order valence-corrected chi connectivity index (χ2v) is 4.37. The van der Waals surface area contributed by atoms with Crippen molar-refractivity contribution in [3.05, 3.63) is 18.1 Å². The number of rotatable bonds is 2. The number of carbonyl (C=O) groups excluding carboxylic acids is 1. The van der Waals surface area contributed by atoms with Crippen LogP contribution in [-0.2, 0) is 0 Å². The molecule has 2 rings (SSSR count). The Bertz CT molecular complexity index is 422. The van der Waals surface area contributed by atoms with E-state index in [9.17, 15) is 9.90 Å². The van der Waals surface area contributed by atoms with Crippen LogP contribution in [0, 0.1) is 5.92 Å². The van der Waals surface area contributed by atoms with Gasteiger partial charge in [-0.25, -0.2) is 4.98 Å². The minimum Gasteiger partial charge on any atom is -0.393 e. The van der Waals surface area contributed by atoms with Crippen LogP contribution < -0.4 is 5.73 Å². The van der Waals surface area contributed by atoms with E-state index < -0.39 is 0 Å². The Morgan fingerprint density at radius 2 is 2.41 bits per heavy atom. The maximum absolute atomic E-state index is 12.1. The predicted octanol–water partition coefficient (Wildman–Crippen LogP) is -0.0983. The molecule has 1 aromatic heterocycles. The fourth-order valence-electron chi connectivity index (χ4n) is 2.01. The smallest absolute Gasteiger partial charge is 0.274 e. The molecular formula is C11H16N4O2. The first-order valence-corrected chi connectivity index (χ1v) is 5.63. The van der Waals surface area contributed by atoms with Crippen LogP contribution in [0.4, 0.5) is 5.82 Å². The van der Waals surface area contributed by atoms with Gasteiger partial charge in [-0.3, -0.25) is 9.78 Å². The Kier molecular flexibility index (Phi) is 3.23. The highest BCUT2D eigenvalue weighted by atomic mass is 16.3. The largest absolute Gasteiger partial charge is 0.393 e. The number of nitrogen functional groups attached to an aromatic ring is 1. The number of nitrogens with two attached hydrogens (primary N) is 1. The molecule has 0 aliphatic carbocycles. The van der Waals surface area contributed by atoms with E-state index in [1.807, 2.05) is 0 Å². The van der Waals surface area contributed by atoms with Gasteiger partial charge in [0.05, 0.1) is 18.5 Å². The third-order valence-corrected chi connectivity index (χ3v) is 3.07. The fraction of sp³-hybridized carbons (Fsp3) is 0.545. The number of aromatic nitrogens is 2. The first-order chi connectivity index (χ1) is 8.08. The number of anilines is 1. The molecule has 2 atom stereocenters. The van der Waals surface area contributed by atoms with Crippen molar-refractivity contribution in [3.63, 3.8) is 0 Å². The van der Waals surface area contributed by atoms with E-state index in [1.165, 1.54) is 12.4 Å². The molecule has 0 aromatic carbocycles. The van der Waals surface area contributed by atoms with Crippen molar-refractivity contribution in [2.45, 2.75) is 19.4 Å². The summed E-state index contributed by atoms with van der Waals surface area (Å²) in [6.07, 6.45) is 3.24. The van der Waals surface area contributed by atoms with Gasteiger partial charge in [-0.2, -0.15) is 0 Å². The van der Waals surface area contributed by atoms with Crippen LogP contribution >= 0.6 is 0 Å². The first kappa shape index (κ1) is 11.8. The lowest BCUT2D eigenvalue weighted by atomic mass is 10.0. The molecule has 0 saturated carbocycles. The highest BCUT2D eigenvalue weighted by Crippen LogP contribution is 2.21. The average molecular weight is 236 g/mol. The molecule has 1 saturated heterocycles. The Balaban J connectivity index is 2.07. The number of aliphatic hydroxyl groups is 1. The number of carbonyl (C=O) groups is 1.